The van der Waals surface area contributed by atoms with E-state index in [0.29, 0.717) is 28.8 Å². The van der Waals surface area contributed by atoms with Crippen LogP contribution < -0.4 is 34.9 Å². The van der Waals surface area contributed by atoms with Crippen LogP contribution in [0.1, 0.15) is 30.7 Å². The first-order valence-corrected chi connectivity index (χ1v) is 9.18. The second-order valence-corrected chi connectivity index (χ2v) is 7.15. The van der Waals surface area contributed by atoms with Gasteiger partial charge < -0.3 is 21.9 Å². The van der Waals surface area contributed by atoms with Crippen LogP contribution in [0.3, 0.4) is 0 Å². The quantitative estimate of drug-likeness (QED) is 0.418. The van der Waals surface area contributed by atoms with Crippen LogP contribution in [0.5, 0.6) is 0 Å². The molecule has 2 amide bonds. The molecule has 0 radical (unpaired) electrons. The maximum absolute atomic E-state index is 12.6. The Hall–Kier alpha value is -2.52. The summed E-state index contributed by atoms with van der Waals surface area (Å²) < 4.78 is 0. The molecule has 8 nitrogen and oxygen atoms in total. The number of aromatic nitrogens is 1. The van der Waals surface area contributed by atoms with E-state index >= 15 is 0 Å². The van der Waals surface area contributed by atoms with Crippen molar-refractivity contribution >= 4 is 29.0 Å². The number of amides is 2. The van der Waals surface area contributed by atoms with Crippen LogP contribution in [0.4, 0.5) is 5.69 Å². The third-order valence-corrected chi connectivity index (χ3v) is 5.34. The summed E-state index contributed by atoms with van der Waals surface area (Å²) in [6.45, 7) is 1.53. The topological polar surface area (TPSA) is 120 Å². The number of carbonyl (C=O) groups is 3. The van der Waals surface area contributed by atoms with Gasteiger partial charge in [-0.15, -0.1) is 0 Å². The molecule has 0 bridgehead atoms. The van der Waals surface area contributed by atoms with E-state index in [1.165, 1.54) is 11.8 Å². The Balaban J connectivity index is 0.00000171. The molecule has 3 atom stereocenters. The van der Waals surface area contributed by atoms with Crippen molar-refractivity contribution in [2.24, 2.45) is 5.92 Å². The number of fused-ring (bicyclic) bond motifs is 1. The molecule has 150 valence electrons. The zero-order valence-corrected chi connectivity index (χ0v) is 18.6. The fourth-order valence-electron chi connectivity index (χ4n) is 4.01. The molecular weight excluding hydrogens is 397 g/mol. The van der Waals surface area contributed by atoms with Crippen LogP contribution in [-0.2, 0) is 9.59 Å². The molecule has 3 N–H and O–H groups in total. The Morgan fingerprint density at radius 2 is 1.97 bits per heavy atom. The molecule has 1 saturated heterocycles. The van der Waals surface area contributed by atoms with E-state index in [1.54, 1.807) is 48.8 Å². The number of pyridine rings is 1. The summed E-state index contributed by atoms with van der Waals surface area (Å²) in [5, 5.41) is 22.3. The van der Waals surface area contributed by atoms with E-state index in [0.717, 1.165) is 0 Å². The SMILES string of the molecule is C[C@@H](O)[C@H]1C(=O)N2C(C(=O)O)=C(c3cccc(C(=O)Nc4ccncc4)c3)C[C@H]12.[H-].[Na+]. The number of carboxylic acids is 1. The summed E-state index contributed by atoms with van der Waals surface area (Å²) in [6.07, 6.45) is 2.59. The number of β-lactam (4-membered cyclic amide) rings is 1. The number of aliphatic carboxylic acids is 1. The van der Waals surface area contributed by atoms with Crippen LogP contribution in [-0.4, -0.2) is 50.0 Å². The van der Waals surface area contributed by atoms with Gasteiger partial charge in [0, 0.05) is 23.6 Å². The molecule has 4 rings (SSSR count). The van der Waals surface area contributed by atoms with E-state index in [4.69, 9.17) is 0 Å². The molecule has 30 heavy (non-hydrogen) atoms. The smallest absolute Gasteiger partial charge is 1.00 e. The summed E-state index contributed by atoms with van der Waals surface area (Å²) in [6, 6.07) is 9.59. The fraction of sp³-hybridized carbons (Fsp3) is 0.238. The summed E-state index contributed by atoms with van der Waals surface area (Å²) in [4.78, 5) is 41.9. The maximum Gasteiger partial charge on any atom is 1.00 e. The summed E-state index contributed by atoms with van der Waals surface area (Å²) in [5.74, 6) is -2.54. The molecule has 1 aromatic carbocycles. The van der Waals surface area contributed by atoms with Crippen LogP contribution in [0.2, 0.25) is 0 Å². The number of aliphatic hydroxyl groups excluding tert-OH is 1. The number of aliphatic hydroxyl groups is 1. The monoisotopic (exact) mass is 417 g/mol. The van der Waals surface area contributed by atoms with Crippen LogP contribution in [0.15, 0.2) is 54.5 Å². The average Bonchev–Trinajstić information content (AvgIpc) is 3.04. The van der Waals surface area contributed by atoms with Crippen molar-refractivity contribution in [1.82, 2.24) is 9.88 Å². The van der Waals surface area contributed by atoms with Gasteiger partial charge in [-0.25, -0.2) is 4.79 Å². The van der Waals surface area contributed by atoms with Gasteiger partial charge in [0.25, 0.3) is 5.91 Å². The second kappa shape index (κ2) is 8.69. The zero-order chi connectivity index (χ0) is 20.7. The normalized spacial score (nSPS) is 20.7. The first-order chi connectivity index (χ1) is 13.9. The Morgan fingerprint density at radius 1 is 1.27 bits per heavy atom. The Morgan fingerprint density at radius 3 is 2.60 bits per heavy atom. The summed E-state index contributed by atoms with van der Waals surface area (Å²) in [7, 11) is 0. The van der Waals surface area contributed by atoms with E-state index in [2.05, 4.69) is 10.3 Å². The van der Waals surface area contributed by atoms with Gasteiger partial charge in [-0.3, -0.25) is 14.6 Å². The minimum Gasteiger partial charge on any atom is -1.00 e. The Labute approximate surface area is 196 Å². The Kier molecular flexibility index (Phi) is 6.42. The first-order valence-electron chi connectivity index (χ1n) is 9.18. The zero-order valence-electron chi connectivity index (χ0n) is 17.6. The van der Waals surface area contributed by atoms with E-state index in [9.17, 15) is 24.6 Å². The molecular formula is C21H20N3NaO5. The molecule has 9 heteroatoms. The van der Waals surface area contributed by atoms with Crippen LogP contribution >= 0.6 is 0 Å². The standard InChI is InChI=1S/C21H19N3O5.Na.H/c1-11(25)17-16-10-15(18(21(28)29)24(16)20(17)27)12-3-2-4-13(9-12)19(26)23-14-5-7-22-8-6-14;;/h2-9,11,16-17,25H,10H2,1H3,(H,28,29)(H,22,23,26);;/q;+1;-1/t11-,16-,17-;;/m1../s1. The molecule has 0 spiro atoms. The van der Waals surface area contributed by atoms with Crippen molar-refractivity contribution < 1.29 is 55.6 Å². The molecule has 0 unspecified atom stereocenters. The van der Waals surface area contributed by atoms with Gasteiger partial charge in [-0.05, 0) is 48.7 Å². The van der Waals surface area contributed by atoms with Crippen LogP contribution in [0.25, 0.3) is 5.57 Å². The Bertz CT molecular complexity index is 1040. The van der Waals surface area contributed by atoms with Crippen molar-refractivity contribution in [2.75, 3.05) is 5.32 Å². The molecule has 2 aliphatic rings. The molecule has 2 aromatic rings. The number of rotatable bonds is 5. The van der Waals surface area contributed by atoms with Gasteiger partial charge >= 0.3 is 35.5 Å². The largest absolute Gasteiger partial charge is 1.00 e. The van der Waals surface area contributed by atoms with E-state index < -0.39 is 18.0 Å². The van der Waals surface area contributed by atoms with E-state index in [-0.39, 0.29) is 54.5 Å². The van der Waals surface area contributed by atoms with Gasteiger partial charge in [0.05, 0.1) is 18.1 Å². The predicted octanol–water partition coefficient (Wildman–Crippen LogP) is -1.14. The third-order valence-electron chi connectivity index (χ3n) is 5.34. The van der Waals surface area contributed by atoms with Gasteiger partial charge in [0.2, 0.25) is 5.91 Å². The van der Waals surface area contributed by atoms with Crippen molar-refractivity contribution in [1.29, 1.82) is 0 Å². The van der Waals surface area contributed by atoms with Crippen molar-refractivity contribution in [3.8, 4) is 0 Å². The number of carbonyl (C=O) groups excluding carboxylic acids is 2. The molecule has 1 aromatic heterocycles. The second-order valence-electron chi connectivity index (χ2n) is 7.15. The van der Waals surface area contributed by atoms with E-state index in [1.807, 2.05) is 0 Å². The number of anilines is 1. The van der Waals surface area contributed by atoms with Gasteiger partial charge in [-0.2, -0.15) is 0 Å². The summed E-state index contributed by atoms with van der Waals surface area (Å²) >= 11 is 0. The minimum absolute atomic E-state index is 0. The average molecular weight is 417 g/mol. The molecule has 0 saturated carbocycles. The van der Waals surface area contributed by atoms with Crippen molar-refractivity contribution in [2.45, 2.75) is 25.5 Å². The first kappa shape index (κ1) is 22.2. The maximum atomic E-state index is 12.6. The fourth-order valence-corrected chi connectivity index (χ4v) is 4.01. The van der Waals surface area contributed by atoms with Gasteiger partial charge in [-0.1, -0.05) is 12.1 Å². The number of benzene rings is 1. The predicted molar refractivity (Wildman–Crippen MR) is 105 cm³/mol. The number of hydrogen-bond acceptors (Lipinski definition) is 5. The van der Waals surface area contributed by atoms with Crippen molar-refractivity contribution in [3.63, 3.8) is 0 Å². The molecule has 2 aliphatic heterocycles. The summed E-state index contributed by atoms with van der Waals surface area (Å²) in [5.41, 5.74) is 1.93. The molecule has 1 fully saturated rings. The molecule has 3 heterocycles. The number of hydrogen-bond donors (Lipinski definition) is 3. The van der Waals surface area contributed by atoms with Gasteiger partial charge in [0.15, 0.2) is 0 Å². The number of nitrogens with zero attached hydrogens (tertiary/aromatic N) is 2. The third kappa shape index (κ3) is 3.79. The van der Waals surface area contributed by atoms with Gasteiger partial charge in [0.1, 0.15) is 5.70 Å². The number of nitrogens with one attached hydrogen (secondary N) is 1. The number of carboxylic acid groups (broad SMARTS) is 1. The van der Waals surface area contributed by atoms with Crippen molar-refractivity contribution in [3.05, 3.63) is 65.6 Å². The molecule has 0 aliphatic carbocycles. The van der Waals surface area contributed by atoms with Crippen LogP contribution in [0, 0.1) is 5.92 Å². The minimum atomic E-state index is -1.20.